The number of nitrogens with one attached hydrogen (secondary N) is 2. The van der Waals surface area contributed by atoms with Crippen LogP contribution in [0.2, 0.25) is 5.02 Å². The summed E-state index contributed by atoms with van der Waals surface area (Å²) < 4.78 is 0. The molecule has 0 spiro atoms. The van der Waals surface area contributed by atoms with Crippen LogP contribution in [0.4, 0.5) is 11.4 Å². The molecule has 2 rings (SSSR count). The molecule has 0 aliphatic rings. The maximum atomic E-state index is 12.1. The molecule has 0 fully saturated rings. The molecule has 0 bridgehead atoms. The van der Waals surface area contributed by atoms with Gasteiger partial charge in [-0.15, -0.1) is 0 Å². The van der Waals surface area contributed by atoms with Crippen molar-refractivity contribution in [2.45, 2.75) is 20.3 Å². The van der Waals surface area contributed by atoms with Gasteiger partial charge in [0.2, 0.25) is 5.91 Å². The first-order valence-electron chi connectivity index (χ1n) is 7.41. The van der Waals surface area contributed by atoms with E-state index in [1.165, 1.54) is 0 Å². The molecule has 0 aliphatic heterocycles. The maximum Gasteiger partial charge on any atom is 0.255 e. The zero-order valence-corrected chi connectivity index (χ0v) is 13.9. The van der Waals surface area contributed by atoms with Gasteiger partial charge in [-0.1, -0.05) is 31.5 Å². The molecule has 0 aromatic heterocycles. The lowest BCUT2D eigenvalue weighted by Crippen LogP contribution is -2.14. The molecule has 0 saturated heterocycles. The molecule has 0 atom stereocenters. The van der Waals surface area contributed by atoms with Crippen molar-refractivity contribution >= 4 is 34.8 Å². The van der Waals surface area contributed by atoms with E-state index in [2.05, 4.69) is 10.6 Å². The highest BCUT2D eigenvalue weighted by atomic mass is 35.5. The van der Waals surface area contributed by atoms with Gasteiger partial charge in [-0.25, -0.2) is 0 Å². The van der Waals surface area contributed by atoms with Crippen LogP contribution in [0.5, 0.6) is 0 Å². The number of carbonyl (C=O) groups is 2. The molecule has 0 aliphatic carbocycles. The van der Waals surface area contributed by atoms with Crippen molar-refractivity contribution in [1.29, 1.82) is 0 Å². The van der Waals surface area contributed by atoms with E-state index in [0.717, 1.165) is 0 Å². The van der Waals surface area contributed by atoms with Gasteiger partial charge in [0, 0.05) is 28.4 Å². The summed E-state index contributed by atoms with van der Waals surface area (Å²) in [6, 6.07) is 13.7. The van der Waals surface area contributed by atoms with E-state index >= 15 is 0 Å². The first-order valence-corrected chi connectivity index (χ1v) is 7.78. The number of carbonyl (C=O) groups excluding carboxylic acids is 2. The molecule has 0 heterocycles. The van der Waals surface area contributed by atoms with Gasteiger partial charge in [0.25, 0.3) is 5.91 Å². The van der Waals surface area contributed by atoms with Crippen LogP contribution in [0.1, 0.15) is 30.6 Å². The Morgan fingerprint density at radius 1 is 1.00 bits per heavy atom. The quantitative estimate of drug-likeness (QED) is 0.843. The molecule has 5 heteroatoms. The van der Waals surface area contributed by atoms with E-state index in [1.54, 1.807) is 48.5 Å². The monoisotopic (exact) mass is 330 g/mol. The van der Waals surface area contributed by atoms with Crippen LogP contribution in [-0.2, 0) is 4.79 Å². The first-order chi connectivity index (χ1) is 10.9. The summed E-state index contributed by atoms with van der Waals surface area (Å²) in [5, 5.41) is 6.13. The maximum absolute atomic E-state index is 12.1. The summed E-state index contributed by atoms with van der Waals surface area (Å²) in [6.07, 6.45) is 0.479. The van der Waals surface area contributed by atoms with Gasteiger partial charge < -0.3 is 10.6 Å². The molecule has 2 N–H and O–H groups in total. The van der Waals surface area contributed by atoms with Crippen LogP contribution in [0.25, 0.3) is 0 Å². The van der Waals surface area contributed by atoms with Crippen molar-refractivity contribution in [2.75, 3.05) is 10.6 Å². The van der Waals surface area contributed by atoms with Gasteiger partial charge in [-0.05, 0) is 48.4 Å². The van der Waals surface area contributed by atoms with Crippen LogP contribution < -0.4 is 10.6 Å². The Bertz CT molecular complexity index is 696. The van der Waals surface area contributed by atoms with Crippen molar-refractivity contribution in [3.63, 3.8) is 0 Å². The minimum absolute atomic E-state index is 0.0179. The highest BCUT2D eigenvalue weighted by molar-refractivity contribution is 6.31. The molecule has 2 amide bonds. The SMILES string of the molecule is CC(C)CC(=O)Nc1ccc(NC(=O)c2cccc(Cl)c2)cc1. The van der Waals surface area contributed by atoms with Crippen molar-refractivity contribution in [1.82, 2.24) is 0 Å². The van der Waals surface area contributed by atoms with Crippen molar-refractivity contribution in [2.24, 2.45) is 5.92 Å². The highest BCUT2D eigenvalue weighted by Gasteiger charge is 2.08. The van der Waals surface area contributed by atoms with E-state index in [0.29, 0.717) is 34.3 Å². The Balaban J connectivity index is 1.97. The number of halogens is 1. The standard InChI is InChI=1S/C18H19ClN2O2/c1-12(2)10-17(22)20-15-6-8-16(9-7-15)21-18(23)13-4-3-5-14(19)11-13/h3-9,11-12H,10H2,1-2H3,(H,20,22)(H,21,23). The third-order valence-electron chi connectivity index (χ3n) is 3.11. The molecule has 4 nitrogen and oxygen atoms in total. The third-order valence-corrected chi connectivity index (χ3v) is 3.34. The first kappa shape index (κ1) is 17.0. The average Bonchev–Trinajstić information content (AvgIpc) is 2.48. The molecular formula is C18H19ClN2O2. The smallest absolute Gasteiger partial charge is 0.255 e. The Morgan fingerprint density at radius 3 is 2.17 bits per heavy atom. The van der Waals surface area contributed by atoms with Crippen molar-refractivity contribution < 1.29 is 9.59 Å². The highest BCUT2D eigenvalue weighted by Crippen LogP contribution is 2.17. The van der Waals surface area contributed by atoms with Crippen LogP contribution in [-0.4, -0.2) is 11.8 Å². The fourth-order valence-electron chi connectivity index (χ4n) is 2.05. The van der Waals surface area contributed by atoms with E-state index in [9.17, 15) is 9.59 Å². The fourth-order valence-corrected chi connectivity index (χ4v) is 2.24. The Kier molecular flexibility index (Phi) is 5.77. The van der Waals surface area contributed by atoms with Crippen LogP contribution in [0, 0.1) is 5.92 Å². The lowest BCUT2D eigenvalue weighted by molar-refractivity contribution is -0.116. The number of benzene rings is 2. The van der Waals surface area contributed by atoms with E-state index < -0.39 is 0 Å². The van der Waals surface area contributed by atoms with Gasteiger partial charge in [0.05, 0.1) is 0 Å². The predicted octanol–water partition coefficient (Wildman–Crippen LogP) is 4.58. The molecule has 120 valence electrons. The normalized spacial score (nSPS) is 10.4. The number of amides is 2. The Labute approximate surface area is 140 Å². The largest absolute Gasteiger partial charge is 0.326 e. The Hall–Kier alpha value is -2.33. The molecule has 0 unspecified atom stereocenters. The second kappa shape index (κ2) is 7.79. The summed E-state index contributed by atoms with van der Waals surface area (Å²) in [7, 11) is 0. The second-order valence-corrected chi connectivity index (χ2v) is 6.12. The number of rotatable bonds is 5. The van der Waals surface area contributed by atoms with Crippen molar-refractivity contribution in [3.05, 3.63) is 59.1 Å². The van der Waals surface area contributed by atoms with E-state index in [1.807, 2.05) is 13.8 Å². The summed E-state index contributed by atoms with van der Waals surface area (Å²) in [6.45, 7) is 3.99. The zero-order chi connectivity index (χ0) is 16.8. The van der Waals surface area contributed by atoms with Gasteiger partial charge >= 0.3 is 0 Å². The Morgan fingerprint density at radius 2 is 1.61 bits per heavy atom. The molecule has 0 radical (unpaired) electrons. The minimum Gasteiger partial charge on any atom is -0.326 e. The molecule has 2 aromatic rings. The molecule has 0 saturated carbocycles. The van der Waals surface area contributed by atoms with Gasteiger partial charge in [0.15, 0.2) is 0 Å². The second-order valence-electron chi connectivity index (χ2n) is 5.69. The minimum atomic E-state index is -0.232. The predicted molar refractivity (Wildman–Crippen MR) is 93.9 cm³/mol. The summed E-state index contributed by atoms with van der Waals surface area (Å²) in [4.78, 5) is 23.8. The topological polar surface area (TPSA) is 58.2 Å². The summed E-state index contributed by atoms with van der Waals surface area (Å²) in [5.41, 5.74) is 1.85. The van der Waals surface area contributed by atoms with Crippen LogP contribution in [0.3, 0.4) is 0 Å². The molecule has 2 aromatic carbocycles. The van der Waals surface area contributed by atoms with Gasteiger partial charge in [-0.2, -0.15) is 0 Å². The van der Waals surface area contributed by atoms with Gasteiger partial charge in [0.1, 0.15) is 0 Å². The van der Waals surface area contributed by atoms with E-state index in [4.69, 9.17) is 11.6 Å². The van der Waals surface area contributed by atoms with Gasteiger partial charge in [-0.3, -0.25) is 9.59 Å². The summed E-state index contributed by atoms with van der Waals surface area (Å²) >= 11 is 5.88. The number of hydrogen-bond acceptors (Lipinski definition) is 2. The van der Waals surface area contributed by atoms with Crippen LogP contribution >= 0.6 is 11.6 Å². The fraction of sp³-hybridized carbons (Fsp3) is 0.222. The van der Waals surface area contributed by atoms with E-state index in [-0.39, 0.29) is 11.8 Å². The number of hydrogen-bond donors (Lipinski definition) is 2. The zero-order valence-electron chi connectivity index (χ0n) is 13.1. The molecular weight excluding hydrogens is 312 g/mol. The lowest BCUT2D eigenvalue weighted by atomic mass is 10.1. The number of anilines is 2. The molecule has 23 heavy (non-hydrogen) atoms. The van der Waals surface area contributed by atoms with Crippen molar-refractivity contribution in [3.8, 4) is 0 Å². The summed E-state index contributed by atoms with van der Waals surface area (Å²) in [5.74, 6) is 0.0612. The average molecular weight is 331 g/mol. The lowest BCUT2D eigenvalue weighted by Gasteiger charge is -2.09. The van der Waals surface area contributed by atoms with Crippen LogP contribution in [0.15, 0.2) is 48.5 Å². The third kappa shape index (κ3) is 5.42.